The highest BCUT2D eigenvalue weighted by molar-refractivity contribution is 6.30. The van der Waals surface area contributed by atoms with Gasteiger partial charge in [0, 0.05) is 23.0 Å². The van der Waals surface area contributed by atoms with Crippen LogP contribution in [0.15, 0.2) is 54.6 Å². The number of halogens is 1. The maximum absolute atomic E-state index is 12.6. The molecule has 26 heavy (non-hydrogen) atoms. The summed E-state index contributed by atoms with van der Waals surface area (Å²) in [7, 11) is 0. The van der Waals surface area contributed by atoms with Crippen molar-refractivity contribution in [3.05, 3.63) is 65.2 Å². The van der Waals surface area contributed by atoms with Gasteiger partial charge in [-0.1, -0.05) is 29.8 Å². The van der Waals surface area contributed by atoms with Crippen LogP contribution in [0.2, 0.25) is 5.02 Å². The topological polar surface area (TPSA) is 49.8 Å². The molecule has 0 unspecified atom stereocenters. The number of hydrogen-bond donors (Lipinski definition) is 1. The molecule has 4 nitrogen and oxygen atoms in total. The maximum Gasteiger partial charge on any atom is 0.166 e. The van der Waals surface area contributed by atoms with Gasteiger partial charge in [0.05, 0.1) is 0 Å². The summed E-state index contributed by atoms with van der Waals surface area (Å²) in [5.41, 5.74) is 0.726. The molecular weight excluding hydrogens is 350 g/mol. The molecule has 1 fully saturated rings. The molecule has 0 radical (unpaired) electrons. The van der Waals surface area contributed by atoms with E-state index in [2.05, 4.69) is 4.90 Å². The smallest absolute Gasteiger partial charge is 0.166 e. The Morgan fingerprint density at radius 1 is 1.12 bits per heavy atom. The molecule has 0 bridgehead atoms. The summed E-state index contributed by atoms with van der Waals surface area (Å²) >= 11 is 5.88. The van der Waals surface area contributed by atoms with Crippen molar-refractivity contribution < 1.29 is 14.6 Å². The number of aliphatic hydroxyl groups excluding tert-OH is 1. The van der Waals surface area contributed by atoms with E-state index in [4.69, 9.17) is 16.3 Å². The SMILES string of the molecule is O=C(c1ccc(Cl)cc1)C1CCN(C[C@@H](O)COc2ccccc2)CC1. The summed E-state index contributed by atoms with van der Waals surface area (Å²) < 4.78 is 5.59. The number of para-hydroxylation sites is 1. The number of hydrogen-bond acceptors (Lipinski definition) is 4. The first kappa shape index (κ1) is 18.9. The number of benzene rings is 2. The molecule has 138 valence electrons. The van der Waals surface area contributed by atoms with Gasteiger partial charge in [0.25, 0.3) is 0 Å². The van der Waals surface area contributed by atoms with Gasteiger partial charge < -0.3 is 14.7 Å². The molecule has 1 heterocycles. The summed E-state index contributed by atoms with van der Waals surface area (Å²) in [6.45, 7) is 2.46. The van der Waals surface area contributed by atoms with E-state index in [0.717, 1.165) is 37.2 Å². The highest BCUT2D eigenvalue weighted by Crippen LogP contribution is 2.23. The van der Waals surface area contributed by atoms with Gasteiger partial charge in [-0.05, 0) is 62.3 Å². The largest absolute Gasteiger partial charge is 0.491 e. The minimum Gasteiger partial charge on any atom is -0.491 e. The molecule has 0 aromatic heterocycles. The zero-order valence-electron chi connectivity index (χ0n) is 14.7. The van der Waals surface area contributed by atoms with Crippen molar-refractivity contribution in [2.45, 2.75) is 18.9 Å². The molecule has 1 aliphatic rings. The lowest BCUT2D eigenvalue weighted by molar-refractivity contribution is 0.0524. The molecule has 3 rings (SSSR count). The van der Waals surface area contributed by atoms with E-state index in [-0.39, 0.29) is 18.3 Å². The van der Waals surface area contributed by atoms with Gasteiger partial charge in [-0.3, -0.25) is 4.79 Å². The third-order valence-corrected chi connectivity index (χ3v) is 4.99. The molecule has 2 aromatic rings. The molecule has 0 saturated carbocycles. The van der Waals surface area contributed by atoms with Crippen LogP contribution in [-0.4, -0.2) is 48.1 Å². The summed E-state index contributed by atoms with van der Waals surface area (Å²) in [4.78, 5) is 14.8. The van der Waals surface area contributed by atoms with Crippen molar-refractivity contribution in [2.24, 2.45) is 5.92 Å². The number of ether oxygens (including phenoxy) is 1. The fraction of sp³-hybridized carbons (Fsp3) is 0.381. The Hall–Kier alpha value is -1.88. The fourth-order valence-corrected chi connectivity index (χ4v) is 3.41. The number of aliphatic hydroxyl groups is 1. The number of nitrogens with zero attached hydrogens (tertiary/aromatic N) is 1. The van der Waals surface area contributed by atoms with E-state index in [0.29, 0.717) is 11.6 Å². The highest BCUT2D eigenvalue weighted by Gasteiger charge is 2.26. The normalized spacial score (nSPS) is 17.0. The van der Waals surface area contributed by atoms with Crippen molar-refractivity contribution in [1.29, 1.82) is 0 Å². The molecular formula is C21H24ClNO3. The third-order valence-electron chi connectivity index (χ3n) is 4.74. The first-order valence-electron chi connectivity index (χ1n) is 9.00. The number of piperidine rings is 1. The average molecular weight is 374 g/mol. The highest BCUT2D eigenvalue weighted by atomic mass is 35.5. The van der Waals surface area contributed by atoms with Crippen LogP contribution in [0.3, 0.4) is 0 Å². The molecule has 1 aliphatic heterocycles. The molecule has 5 heteroatoms. The zero-order chi connectivity index (χ0) is 18.4. The molecule has 0 amide bonds. The lowest BCUT2D eigenvalue weighted by Gasteiger charge is -2.32. The van der Waals surface area contributed by atoms with Crippen LogP contribution in [0.1, 0.15) is 23.2 Å². The van der Waals surface area contributed by atoms with E-state index in [9.17, 15) is 9.90 Å². The van der Waals surface area contributed by atoms with Crippen molar-refractivity contribution in [1.82, 2.24) is 4.90 Å². The summed E-state index contributed by atoms with van der Waals surface area (Å²) in [6, 6.07) is 16.6. The minimum absolute atomic E-state index is 0.0464. The van der Waals surface area contributed by atoms with Gasteiger partial charge in [-0.2, -0.15) is 0 Å². The van der Waals surface area contributed by atoms with Gasteiger partial charge in [0.1, 0.15) is 18.5 Å². The van der Waals surface area contributed by atoms with Gasteiger partial charge in [-0.25, -0.2) is 0 Å². The Bertz CT molecular complexity index is 697. The van der Waals surface area contributed by atoms with E-state index >= 15 is 0 Å². The molecule has 2 aromatic carbocycles. The van der Waals surface area contributed by atoms with Crippen LogP contribution in [0.4, 0.5) is 0 Å². The number of Topliss-reactive ketones (excluding diaryl/α,β-unsaturated/α-hetero) is 1. The summed E-state index contributed by atoms with van der Waals surface area (Å²) in [5.74, 6) is 0.998. The minimum atomic E-state index is -0.543. The van der Waals surface area contributed by atoms with E-state index in [1.54, 1.807) is 24.3 Å². The quantitative estimate of drug-likeness (QED) is 0.752. The first-order valence-corrected chi connectivity index (χ1v) is 9.37. The molecule has 0 spiro atoms. The third kappa shape index (κ3) is 5.31. The second kappa shape index (κ2) is 9.17. The Morgan fingerprint density at radius 2 is 1.77 bits per heavy atom. The van der Waals surface area contributed by atoms with Crippen LogP contribution in [-0.2, 0) is 0 Å². The zero-order valence-corrected chi connectivity index (χ0v) is 15.4. The van der Waals surface area contributed by atoms with Crippen molar-refractivity contribution in [2.75, 3.05) is 26.2 Å². The van der Waals surface area contributed by atoms with E-state index in [1.165, 1.54) is 0 Å². The first-order chi connectivity index (χ1) is 12.6. The monoisotopic (exact) mass is 373 g/mol. The number of ketones is 1. The number of carbonyl (C=O) groups is 1. The molecule has 1 saturated heterocycles. The van der Waals surface area contributed by atoms with E-state index in [1.807, 2.05) is 30.3 Å². The molecule has 1 atom stereocenters. The van der Waals surface area contributed by atoms with Crippen molar-refractivity contribution in [3.63, 3.8) is 0 Å². The van der Waals surface area contributed by atoms with Gasteiger partial charge in [-0.15, -0.1) is 0 Å². The maximum atomic E-state index is 12.6. The Kier molecular flexibility index (Phi) is 6.67. The van der Waals surface area contributed by atoms with Gasteiger partial charge in [0.2, 0.25) is 0 Å². The van der Waals surface area contributed by atoms with Gasteiger partial charge >= 0.3 is 0 Å². The second-order valence-corrected chi connectivity index (χ2v) is 7.16. The lowest BCUT2D eigenvalue weighted by Crippen LogP contribution is -2.42. The van der Waals surface area contributed by atoms with Gasteiger partial charge in [0.15, 0.2) is 5.78 Å². The summed E-state index contributed by atoms with van der Waals surface area (Å²) in [6.07, 6.45) is 1.08. The van der Waals surface area contributed by atoms with Crippen LogP contribution in [0.25, 0.3) is 0 Å². The van der Waals surface area contributed by atoms with Crippen molar-refractivity contribution >= 4 is 17.4 Å². The fourth-order valence-electron chi connectivity index (χ4n) is 3.29. The Labute approximate surface area is 159 Å². The van der Waals surface area contributed by atoms with Crippen molar-refractivity contribution in [3.8, 4) is 5.75 Å². The summed E-state index contributed by atoms with van der Waals surface area (Å²) in [5, 5.41) is 10.8. The predicted octanol–water partition coefficient (Wildman–Crippen LogP) is 3.67. The molecule has 0 aliphatic carbocycles. The number of β-amino-alcohol motifs (C(OH)–C–C–N with tert-alkyl or cyclic N) is 1. The number of likely N-dealkylation sites (tertiary alicyclic amines) is 1. The second-order valence-electron chi connectivity index (χ2n) is 6.72. The van der Waals surface area contributed by atoms with Crippen LogP contribution in [0, 0.1) is 5.92 Å². The number of rotatable bonds is 7. The predicted molar refractivity (Wildman–Crippen MR) is 103 cm³/mol. The van der Waals surface area contributed by atoms with Crippen LogP contribution < -0.4 is 4.74 Å². The van der Waals surface area contributed by atoms with Crippen LogP contribution >= 0.6 is 11.6 Å². The lowest BCUT2D eigenvalue weighted by atomic mass is 9.89. The van der Waals surface area contributed by atoms with E-state index < -0.39 is 6.10 Å². The average Bonchev–Trinajstić information content (AvgIpc) is 2.68. The Balaban J connectivity index is 1.41. The standard InChI is InChI=1S/C21H24ClNO3/c22-18-8-6-16(7-9-18)21(25)17-10-12-23(13-11-17)14-19(24)15-26-20-4-2-1-3-5-20/h1-9,17,19,24H,10-15H2/t19-/m1/s1. The van der Waals surface area contributed by atoms with Crippen LogP contribution in [0.5, 0.6) is 5.75 Å². The number of carbonyl (C=O) groups excluding carboxylic acids is 1. The Morgan fingerprint density at radius 3 is 2.42 bits per heavy atom. The molecule has 1 N–H and O–H groups in total.